The molecule has 0 aromatic carbocycles. The normalized spacial score (nSPS) is 11.8. The van der Waals surface area contributed by atoms with Gasteiger partial charge in [0.1, 0.15) is 0 Å². The summed E-state index contributed by atoms with van der Waals surface area (Å²) < 4.78 is 16.0. The molecule has 0 amide bonds. The van der Waals surface area contributed by atoms with Crippen molar-refractivity contribution in [1.82, 2.24) is 5.32 Å². The maximum atomic E-state index is 11.7. The SMILES string of the molecule is CCOC(=O)/C=C(/CCCCCCCCl)NCC(OCC)OCC. The lowest BCUT2D eigenvalue weighted by Crippen LogP contribution is -2.31. The fraction of sp³-hybridized carbons (Fsp3) is 0.833. The van der Waals surface area contributed by atoms with Crippen molar-refractivity contribution in [2.75, 3.05) is 32.2 Å². The molecule has 0 rings (SSSR count). The van der Waals surface area contributed by atoms with Crippen LogP contribution in [0, 0.1) is 0 Å². The first-order valence-electron chi connectivity index (χ1n) is 9.08. The average Bonchev–Trinajstić information content (AvgIpc) is 2.56. The topological polar surface area (TPSA) is 56.8 Å². The van der Waals surface area contributed by atoms with Crippen molar-refractivity contribution in [2.45, 2.75) is 65.6 Å². The Morgan fingerprint density at radius 3 is 2.21 bits per heavy atom. The number of alkyl halides is 1. The van der Waals surface area contributed by atoms with Gasteiger partial charge in [-0.1, -0.05) is 19.3 Å². The van der Waals surface area contributed by atoms with E-state index in [1.165, 1.54) is 12.5 Å². The van der Waals surface area contributed by atoms with Gasteiger partial charge < -0.3 is 19.5 Å². The van der Waals surface area contributed by atoms with E-state index in [1.807, 2.05) is 13.8 Å². The van der Waals surface area contributed by atoms with Crippen molar-refractivity contribution < 1.29 is 19.0 Å². The van der Waals surface area contributed by atoms with E-state index >= 15 is 0 Å². The number of ether oxygens (including phenoxy) is 3. The highest BCUT2D eigenvalue weighted by atomic mass is 35.5. The summed E-state index contributed by atoms with van der Waals surface area (Å²) in [7, 11) is 0. The van der Waals surface area contributed by atoms with E-state index in [2.05, 4.69) is 5.32 Å². The largest absolute Gasteiger partial charge is 0.463 e. The van der Waals surface area contributed by atoms with Crippen LogP contribution in [0.3, 0.4) is 0 Å². The van der Waals surface area contributed by atoms with Crippen molar-refractivity contribution in [3.05, 3.63) is 11.8 Å². The van der Waals surface area contributed by atoms with Gasteiger partial charge in [0.25, 0.3) is 0 Å². The van der Waals surface area contributed by atoms with Gasteiger partial charge in [-0.3, -0.25) is 0 Å². The summed E-state index contributed by atoms with van der Waals surface area (Å²) in [6.07, 6.45) is 7.57. The number of carbonyl (C=O) groups excluding carboxylic acids is 1. The van der Waals surface area contributed by atoms with E-state index in [0.29, 0.717) is 26.4 Å². The van der Waals surface area contributed by atoms with Crippen LogP contribution in [0.2, 0.25) is 0 Å². The molecule has 6 heteroatoms. The summed E-state index contributed by atoms with van der Waals surface area (Å²) in [6, 6.07) is 0. The van der Waals surface area contributed by atoms with Gasteiger partial charge in [0.05, 0.1) is 13.2 Å². The van der Waals surface area contributed by atoms with E-state index in [1.54, 1.807) is 6.92 Å². The van der Waals surface area contributed by atoms with Crippen LogP contribution in [-0.4, -0.2) is 44.5 Å². The highest BCUT2D eigenvalue weighted by Crippen LogP contribution is 2.11. The summed E-state index contributed by atoms with van der Waals surface area (Å²) in [5, 5.41) is 3.27. The van der Waals surface area contributed by atoms with Gasteiger partial charge in [-0.25, -0.2) is 4.79 Å². The summed E-state index contributed by atoms with van der Waals surface area (Å²) in [6.45, 7) is 7.73. The average molecular weight is 364 g/mol. The quantitative estimate of drug-likeness (QED) is 0.148. The number of hydrogen-bond acceptors (Lipinski definition) is 5. The van der Waals surface area contributed by atoms with Crippen LogP contribution in [-0.2, 0) is 19.0 Å². The fourth-order valence-corrected chi connectivity index (χ4v) is 2.42. The second-order valence-electron chi connectivity index (χ2n) is 5.35. The Morgan fingerprint density at radius 1 is 1.00 bits per heavy atom. The highest BCUT2D eigenvalue weighted by Gasteiger charge is 2.10. The van der Waals surface area contributed by atoms with Crippen LogP contribution in [0.4, 0.5) is 0 Å². The van der Waals surface area contributed by atoms with Crippen molar-refractivity contribution in [2.24, 2.45) is 0 Å². The third-order valence-electron chi connectivity index (χ3n) is 3.36. The molecule has 0 aliphatic carbocycles. The molecular formula is C18H34ClNO4. The van der Waals surface area contributed by atoms with Gasteiger partial charge in [-0.15, -0.1) is 11.6 Å². The van der Waals surface area contributed by atoms with Crippen LogP contribution >= 0.6 is 11.6 Å². The number of nitrogens with one attached hydrogen (secondary N) is 1. The van der Waals surface area contributed by atoms with E-state index in [-0.39, 0.29) is 12.3 Å². The summed E-state index contributed by atoms with van der Waals surface area (Å²) >= 11 is 5.68. The molecule has 0 spiro atoms. The Hall–Kier alpha value is -0.780. The molecule has 0 aromatic rings. The second kappa shape index (κ2) is 17.1. The number of hydrogen-bond donors (Lipinski definition) is 1. The Bertz CT molecular complexity index is 331. The van der Waals surface area contributed by atoms with E-state index in [0.717, 1.165) is 43.7 Å². The van der Waals surface area contributed by atoms with Gasteiger partial charge in [0, 0.05) is 30.9 Å². The van der Waals surface area contributed by atoms with Gasteiger partial charge >= 0.3 is 5.97 Å². The molecule has 0 radical (unpaired) electrons. The first kappa shape index (κ1) is 23.2. The van der Waals surface area contributed by atoms with Crippen molar-refractivity contribution in [1.29, 1.82) is 0 Å². The highest BCUT2D eigenvalue weighted by molar-refractivity contribution is 6.17. The molecule has 0 saturated heterocycles. The molecule has 0 atom stereocenters. The molecular weight excluding hydrogens is 330 g/mol. The molecule has 5 nitrogen and oxygen atoms in total. The van der Waals surface area contributed by atoms with Gasteiger partial charge in [-0.05, 0) is 40.0 Å². The third-order valence-corrected chi connectivity index (χ3v) is 3.63. The van der Waals surface area contributed by atoms with E-state index in [4.69, 9.17) is 25.8 Å². The van der Waals surface area contributed by atoms with Crippen LogP contribution in [0.15, 0.2) is 11.8 Å². The molecule has 0 saturated carbocycles. The lowest BCUT2D eigenvalue weighted by Gasteiger charge is -2.19. The summed E-state index contributed by atoms with van der Waals surface area (Å²) in [4.78, 5) is 11.7. The van der Waals surface area contributed by atoms with E-state index < -0.39 is 0 Å². The Kier molecular flexibility index (Phi) is 16.5. The molecule has 0 fully saturated rings. The maximum Gasteiger partial charge on any atom is 0.332 e. The van der Waals surface area contributed by atoms with Gasteiger partial charge in [0.15, 0.2) is 6.29 Å². The smallest absolute Gasteiger partial charge is 0.332 e. The molecule has 0 aromatic heterocycles. The molecule has 0 heterocycles. The Labute approximate surface area is 152 Å². The maximum absolute atomic E-state index is 11.7. The standard InChI is InChI=1S/C18H34ClNO4/c1-4-22-17(21)14-16(12-10-8-7-9-11-13-19)20-15-18(23-5-2)24-6-3/h14,18,20H,4-13,15H2,1-3H3/b16-14-. The van der Waals surface area contributed by atoms with Crippen molar-refractivity contribution >= 4 is 17.6 Å². The molecule has 142 valence electrons. The fourth-order valence-electron chi connectivity index (χ4n) is 2.23. The molecule has 24 heavy (non-hydrogen) atoms. The zero-order valence-corrected chi connectivity index (χ0v) is 16.2. The number of unbranched alkanes of at least 4 members (excludes halogenated alkanes) is 4. The number of esters is 1. The summed E-state index contributed by atoms with van der Waals surface area (Å²) in [5.41, 5.74) is 0.871. The van der Waals surface area contributed by atoms with Gasteiger partial charge in [0.2, 0.25) is 0 Å². The Balaban J connectivity index is 4.38. The predicted molar refractivity (Wildman–Crippen MR) is 98.2 cm³/mol. The van der Waals surface area contributed by atoms with Crippen molar-refractivity contribution in [3.63, 3.8) is 0 Å². The minimum Gasteiger partial charge on any atom is -0.463 e. The number of carbonyl (C=O) groups is 1. The monoisotopic (exact) mass is 363 g/mol. The van der Waals surface area contributed by atoms with E-state index in [9.17, 15) is 4.79 Å². The first-order valence-corrected chi connectivity index (χ1v) is 9.61. The number of allylic oxidation sites excluding steroid dienone is 1. The molecule has 0 bridgehead atoms. The summed E-state index contributed by atoms with van der Waals surface area (Å²) in [5.74, 6) is 0.415. The zero-order chi connectivity index (χ0) is 18.0. The lowest BCUT2D eigenvalue weighted by atomic mass is 10.1. The predicted octanol–water partition coefficient (Wildman–Crippen LogP) is 4.00. The number of halogens is 1. The minimum atomic E-state index is -0.313. The Morgan fingerprint density at radius 2 is 1.62 bits per heavy atom. The van der Waals surface area contributed by atoms with Crippen LogP contribution in [0.5, 0.6) is 0 Å². The zero-order valence-electron chi connectivity index (χ0n) is 15.4. The third kappa shape index (κ3) is 13.6. The van der Waals surface area contributed by atoms with Crippen LogP contribution in [0.1, 0.15) is 59.3 Å². The molecule has 1 N–H and O–H groups in total. The lowest BCUT2D eigenvalue weighted by molar-refractivity contribution is -0.137. The van der Waals surface area contributed by atoms with Crippen LogP contribution in [0.25, 0.3) is 0 Å². The second-order valence-corrected chi connectivity index (χ2v) is 5.73. The minimum absolute atomic E-state index is 0.311. The number of rotatable bonds is 16. The van der Waals surface area contributed by atoms with Gasteiger partial charge in [-0.2, -0.15) is 0 Å². The molecule has 0 aliphatic rings. The first-order chi connectivity index (χ1) is 11.7. The molecule has 0 unspecified atom stereocenters. The molecule has 0 aliphatic heterocycles. The van der Waals surface area contributed by atoms with Crippen LogP contribution < -0.4 is 5.32 Å². The van der Waals surface area contributed by atoms with Crippen molar-refractivity contribution in [3.8, 4) is 0 Å².